The van der Waals surface area contributed by atoms with Crippen LogP contribution in [0.2, 0.25) is 0 Å². The largest absolute Gasteiger partial charge is 0.358 e. The minimum absolute atomic E-state index is 0.0317. The third-order valence-electron chi connectivity index (χ3n) is 4.44. The van der Waals surface area contributed by atoms with E-state index in [9.17, 15) is 9.18 Å². The number of nitrogens with one attached hydrogen (secondary N) is 2. The number of halogens is 1. The average Bonchev–Trinajstić information content (AvgIpc) is 2.78. The maximum atomic E-state index is 13.5. The maximum Gasteiger partial charge on any atom is 0.224 e. The lowest BCUT2D eigenvalue weighted by Gasteiger charge is -2.30. The molecule has 0 unspecified atom stereocenters. The molecule has 4 nitrogen and oxygen atoms in total. The van der Waals surface area contributed by atoms with Gasteiger partial charge in [-0.15, -0.1) is 0 Å². The van der Waals surface area contributed by atoms with Gasteiger partial charge in [-0.05, 0) is 58.4 Å². The summed E-state index contributed by atoms with van der Waals surface area (Å²) in [6.45, 7) is 12.0. The summed E-state index contributed by atoms with van der Waals surface area (Å²) >= 11 is 0. The Balaban J connectivity index is 1.98. The fourth-order valence-electron chi connectivity index (χ4n) is 3.24. The molecule has 0 aliphatic carbocycles. The molecule has 0 atom stereocenters. The molecule has 2 rings (SSSR count). The molecule has 0 saturated carbocycles. The summed E-state index contributed by atoms with van der Waals surface area (Å²) in [6.07, 6.45) is 0.263. The van der Waals surface area contributed by atoms with Crippen molar-refractivity contribution >= 4 is 16.8 Å². The second kappa shape index (κ2) is 7.79. The smallest absolute Gasteiger partial charge is 0.224 e. The molecule has 0 radical (unpaired) electrons. The zero-order chi connectivity index (χ0) is 17.9. The molecule has 0 fully saturated rings. The van der Waals surface area contributed by atoms with E-state index >= 15 is 0 Å². The number of hydrogen-bond donors (Lipinski definition) is 2. The number of nitrogens with zero attached hydrogens (tertiary/aromatic N) is 1. The number of carbonyl (C=O) groups is 1. The Hall–Kier alpha value is -1.88. The Bertz CT molecular complexity index is 698. The predicted molar refractivity (Wildman–Crippen MR) is 96.7 cm³/mol. The lowest BCUT2D eigenvalue weighted by atomic mass is 10.1. The highest BCUT2D eigenvalue weighted by Gasteiger charge is 2.15. The monoisotopic (exact) mass is 333 g/mol. The van der Waals surface area contributed by atoms with E-state index in [-0.39, 0.29) is 18.1 Å². The molecular weight excluding hydrogens is 305 g/mol. The molecule has 0 spiro atoms. The van der Waals surface area contributed by atoms with Gasteiger partial charge in [0, 0.05) is 41.8 Å². The number of hydrogen-bond acceptors (Lipinski definition) is 2. The normalized spacial score (nSPS) is 11.9. The third kappa shape index (κ3) is 4.35. The van der Waals surface area contributed by atoms with Gasteiger partial charge in [0.2, 0.25) is 5.91 Å². The zero-order valence-electron chi connectivity index (χ0n) is 15.2. The average molecular weight is 333 g/mol. The molecule has 132 valence electrons. The summed E-state index contributed by atoms with van der Waals surface area (Å²) in [5.74, 6) is -0.316. The number of aryl methyl sites for hydroxylation is 1. The Labute approximate surface area is 143 Å². The number of H-pyrrole nitrogens is 1. The second-order valence-electron chi connectivity index (χ2n) is 6.87. The first-order chi connectivity index (χ1) is 11.3. The number of aromatic amines is 1. The van der Waals surface area contributed by atoms with Crippen molar-refractivity contribution in [2.24, 2.45) is 0 Å². The van der Waals surface area contributed by atoms with Gasteiger partial charge in [-0.25, -0.2) is 4.39 Å². The molecule has 0 aliphatic heterocycles. The fraction of sp³-hybridized carbons (Fsp3) is 0.526. The molecule has 1 aromatic heterocycles. The van der Waals surface area contributed by atoms with Gasteiger partial charge in [-0.3, -0.25) is 9.69 Å². The van der Waals surface area contributed by atoms with Gasteiger partial charge in [0.05, 0.1) is 6.42 Å². The molecule has 0 saturated heterocycles. The number of rotatable bonds is 7. The van der Waals surface area contributed by atoms with Crippen molar-refractivity contribution in [3.05, 3.63) is 35.3 Å². The van der Waals surface area contributed by atoms with E-state index < -0.39 is 0 Å². The van der Waals surface area contributed by atoms with Crippen LogP contribution in [0.3, 0.4) is 0 Å². The van der Waals surface area contributed by atoms with Gasteiger partial charge in [0.25, 0.3) is 0 Å². The molecule has 1 heterocycles. The summed E-state index contributed by atoms with van der Waals surface area (Å²) in [7, 11) is 0. The second-order valence-corrected chi connectivity index (χ2v) is 6.87. The summed E-state index contributed by atoms with van der Waals surface area (Å²) in [5.41, 5.74) is 2.64. The van der Waals surface area contributed by atoms with Crippen molar-refractivity contribution in [3.63, 3.8) is 0 Å². The lowest BCUT2D eigenvalue weighted by Crippen LogP contribution is -2.42. The van der Waals surface area contributed by atoms with Gasteiger partial charge in [-0.2, -0.15) is 0 Å². The van der Waals surface area contributed by atoms with E-state index in [1.165, 1.54) is 12.1 Å². The Kier molecular flexibility index (Phi) is 5.99. The van der Waals surface area contributed by atoms with Crippen LogP contribution in [0.25, 0.3) is 10.9 Å². The molecular formula is C19H28FN3O. The Morgan fingerprint density at radius 3 is 2.54 bits per heavy atom. The van der Waals surface area contributed by atoms with Gasteiger partial charge in [0.1, 0.15) is 5.82 Å². The maximum absolute atomic E-state index is 13.5. The van der Waals surface area contributed by atoms with Gasteiger partial charge >= 0.3 is 0 Å². The van der Waals surface area contributed by atoms with E-state index in [1.54, 1.807) is 6.07 Å². The minimum Gasteiger partial charge on any atom is -0.358 e. The highest BCUT2D eigenvalue weighted by atomic mass is 19.1. The van der Waals surface area contributed by atoms with Crippen LogP contribution in [-0.4, -0.2) is 41.0 Å². The minimum atomic E-state index is -0.285. The van der Waals surface area contributed by atoms with Crippen molar-refractivity contribution in [1.29, 1.82) is 0 Å². The molecule has 2 aromatic rings. The van der Waals surface area contributed by atoms with E-state index in [4.69, 9.17) is 0 Å². The van der Waals surface area contributed by atoms with Crippen molar-refractivity contribution in [2.45, 2.75) is 53.1 Å². The van der Waals surface area contributed by atoms with Crippen molar-refractivity contribution in [3.8, 4) is 0 Å². The molecule has 1 amide bonds. The first kappa shape index (κ1) is 18.5. The summed E-state index contributed by atoms with van der Waals surface area (Å²) < 4.78 is 13.5. The molecule has 24 heavy (non-hydrogen) atoms. The molecule has 2 N–H and O–H groups in total. The lowest BCUT2D eigenvalue weighted by molar-refractivity contribution is -0.120. The standard InChI is InChI=1S/C19H28FN3O/c1-12(2)23(13(3)4)9-8-21-19(24)11-16-14(5)22-18-7-6-15(20)10-17(16)18/h6-7,10,12-13,22H,8-9,11H2,1-5H3,(H,21,24). The van der Waals surface area contributed by atoms with Crippen molar-refractivity contribution < 1.29 is 9.18 Å². The SMILES string of the molecule is Cc1[nH]c2ccc(F)cc2c1CC(=O)NCCN(C(C)C)C(C)C. The first-order valence-corrected chi connectivity index (χ1v) is 8.58. The van der Waals surface area contributed by atoms with Crippen LogP contribution in [0.15, 0.2) is 18.2 Å². The van der Waals surface area contributed by atoms with E-state index in [0.29, 0.717) is 18.6 Å². The van der Waals surface area contributed by atoms with E-state index in [1.807, 2.05) is 6.92 Å². The summed E-state index contributed by atoms with van der Waals surface area (Å²) in [6, 6.07) is 5.51. The fourth-order valence-corrected chi connectivity index (χ4v) is 3.24. The number of aromatic nitrogens is 1. The number of amides is 1. The van der Waals surface area contributed by atoms with Gasteiger partial charge in [0.15, 0.2) is 0 Å². The highest BCUT2D eigenvalue weighted by Crippen LogP contribution is 2.23. The molecule has 0 aliphatic rings. The molecule has 5 heteroatoms. The van der Waals surface area contributed by atoms with Crippen LogP contribution in [0.1, 0.15) is 39.0 Å². The van der Waals surface area contributed by atoms with E-state index in [0.717, 1.165) is 28.7 Å². The highest BCUT2D eigenvalue weighted by molar-refractivity contribution is 5.90. The topological polar surface area (TPSA) is 48.1 Å². The van der Waals surface area contributed by atoms with Crippen LogP contribution in [0.5, 0.6) is 0 Å². The number of benzene rings is 1. The first-order valence-electron chi connectivity index (χ1n) is 8.58. The quantitative estimate of drug-likeness (QED) is 0.816. The Morgan fingerprint density at radius 1 is 1.25 bits per heavy atom. The van der Waals surface area contributed by atoms with E-state index in [2.05, 4.69) is 42.9 Å². The predicted octanol–water partition coefficient (Wildman–Crippen LogP) is 3.39. The zero-order valence-corrected chi connectivity index (χ0v) is 15.2. The van der Waals surface area contributed by atoms with Crippen LogP contribution in [0, 0.1) is 12.7 Å². The Morgan fingerprint density at radius 2 is 1.92 bits per heavy atom. The van der Waals surface area contributed by atoms with Gasteiger partial charge in [-0.1, -0.05) is 0 Å². The van der Waals surface area contributed by atoms with Crippen LogP contribution < -0.4 is 5.32 Å². The van der Waals surface area contributed by atoms with Gasteiger partial charge < -0.3 is 10.3 Å². The summed E-state index contributed by atoms with van der Waals surface area (Å²) in [4.78, 5) is 17.8. The third-order valence-corrected chi connectivity index (χ3v) is 4.44. The molecule has 0 bridgehead atoms. The summed E-state index contributed by atoms with van der Waals surface area (Å²) in [5, 5.41) is 3.77. The van der Waals surface area contributed by atoms with Crippen molar-refractivity contribution in [1.82, 2.24) is 15.2 Å². The van der Waals surface area contributed by atoms with Crippen molar-refractivity contribution in [2.75, 3.05) is 13.1 Å². The number of fused-ring (bicyclic) bond motifs is 1. The molecule has 1 aromatic carbocycles. The van der Waals surface area contributed by atoms with Crippen LogP contribution >= 0.6 is 0 Å². The van der Waals surface area contributed by atoms with Crippen LogP contribution in [-0.2, 0) is 11.2 Å². The van der Waals surface area contributed by atoms with Crippen LogP contribution in [0.4, 0.5) is 4.39 Å². The number of carbonyl (C=O) groups excluding carboxylic acids is 1.